The Labute approximate surface area is 141 Å². The van der Waals surface area contributed by atoms with E-state index in [-0.39, 0.29) is 5.82 Å². The molecule has 0 N–H and O–H groups in total. The first-order valence-corrected chi connectivity index (χ1v) is 8.47. The lowest BCUT2D eigenvalue weighted by Crippen LogP contribution is -2.36. The number of aryl methyl sites for hydroxylation is 2. The fraction of sp³-hybridized carbons (Fsp3) is 0.500. The zero-order valence-electron chi connectivity index (χ0n) is 14.2. The molecule has 0 radical (unpaired) electrons. The van der Waals surface area contributed by atoms with Gasteiger partial charge in [0, 0.05) is 24.8 Å². The molecule has 1 saturated heterocycles. The Kier molecular flexibility index (Phi) is 5.23. The number of pyridine rings is 1. The smallest absolute Gasteiger partial charge is 0.216 e. The van der Waals surface area contributed by atoms with Crippen LogP contribution in [0.4, 0.5) is 10.2 Å². The van der Waals surface area contributed by atoms with Crippen LogP contribution in [0.15, 0.2) is 24.7 Å². The number of hydrogen-bond acceptors (Lipinski definition) is 5. The molecule has 0 atom stereocenters. The number of nitrogens with zero attached hydrogens (tertiary/aromatic N) is 4. The SMILES string of the molecule is CCc1ncnc(N2CCC(COc3ncccc3C)CC2)c1F. The highest BCUT2D eigenvalue weighted by molar-refractivity contribution is 5.41. The van der Waals surface area contributed by atoms with Crippen LogP contribution in [0.1, 0.15) is 31.0 Å². The van der Waals surface area contributed by atoms with Crippen molar-refractivity contribution in [3.05, 3.63) is 41.7 Å². The van der Waals surface area contributed by atoms with Gasteiger partial charge in [0.25, 0.3) is 0 Å². The molecule has 1 aliphatic heterocycles. The van der Waals surface area contributed by atoms with Gasteiger partial charge in [-0.15, -0.1) is 0 Å². The predicted molar refractivity (Wildman–Crippen MR) is 90.8 cm³/mol. The number of aromatic nitrogens is 3. The van der Waals surface area contributed by atoms with Gasteiger partial charge in [0.15, 0.2) is 11.6 Å². The highest BCUT2D eigenvalue weighted by Gasteiger charge is 2.24. The fourth-order valence-electron chi connectivity index (χ4n) is 2.99. The van der Waals surface area contributed by atoms with Gasteiger partial charge in [-0.25, -0.2) is 19.3 Å². The molecule has 0 aliphatic carbocycles. The molecule has 3 heterocycles. The highest BCUT2D eigenvalue weighted by Crippen LogP contribution is 2.25. The van der Waals surface area contributed by atoms with Crippen molar-refractivity contribution in [1.29, 1.82) is 0 Å². The van der Waals surface area contributed by atoms with Crippen molar-refractivity contribution in [1.82, 2.24) is 15.0 Å². The van der Waals surface area contributed by atoms with Crippen LogP contribution < -0.4 is 9.64 Å². The van der Waals surface area contributed by atoms with Crippen LogP contribution in [-0.2, 0) is 6.42 Å². The second-order valence-corrected chi connectivity index (χ2v) is 6.18. The molecule has 0 spiro atoms. The van der Waals surface area contributed by atoms with Gasteiger partial charge >= 0.3 is 0 Å². The molecule has 2 aromatic rings. The van der Waals surface area contributed by atoms with Crippen molar-refractivity contribution < 1.29 is 9.13 Å². The predicted octanol–water partition coefficient (Wildman–Crippen LogP) is 3.18. The third-order valence-corrected chi connectivity index (χ3v) is 4.51. The van der Waals surface area contributed by atoms with Gasteiger partial charge in [-0.05, 0) is 38.2 Å². The van der Waals surface area contributed by atoms with E-state index in [9.17, 15) is 4.39 Å². The summed E-state index contributed by atoms with van der Waals surface area (Å²) in [5.41, 5.74) is 1.53. The summed E-state index contributed by atoms with van der Waals surface area (Å²) in [6.07, 6.45) is 5.69. The Balaban J connectivity index is 1.55. The summed E-state index contributed by atoms with van der Waals surface area (Å²) in [5, 5.41) is 0. The van der Waals surface area contributed by atoms with E-state index < -0.39 is 0 Å². The third-order valence-electron chi connectivity index (χ3n) is 4.51. The lowest BCUT2D eigenvalue weighted by atomic mass is 9.98. The second kappa shape index (κ2) is 7.55. The molecule has 6 heteroatoms. The minimum Gasteiger partial charge on any atom is -0.477 e. The maximum absolute atomic E-state index is 14.4. The van der Waals surface area contributed by atoms with Gasteiger partial charge in [-0.3, -0.25) is 0 Å². The Morgan fingerprint density at radius 3 is 2.75 bits per heavy atom. The standard InChI is InChI=1S/C18H23FN4O/c1-3-15-16(19)17(22-12-21-15)23-9-6-14(7-10-23)11-24-18-13(2)5-4-8-20-18/h4-5,8,12,14H,3,6-7,9-11H2,1-2H3. The van der Waals surface area contributed by atoms with Crippen molar-refractivity contribution in [3.8, 4) is 5.88 Å². The van der Waals surface area contributed by atoms with Crippen molar-refractivity contribution in [3.63, 3.8) is 0 Å². The molecule has 0 unspecified atom stereocenters. The highest BCUT2D eigenvalue weighted by atomic mass is 19.1. The quantitative estimate of drug-likeness (QED) is 0.843. The summed E-state index contributed by atoms with van der Waals surface area (Å²) < 4.78 is 20.2. The van der Waals surface area contributed by atoms with E-state index >= 15 is 0 Å². The van der Waals surface area contributed by atoms with Crippen LogP contribution in [0, 0.1) is 18.7 Å². The first-order valence-electron chi connectivity index (χ1n) is 8.47. The van der Waals surface area contributed by atoms with Gasteiger partial charge in [0.05, 0.1) is 12.3 Å². The number of halogens is 1. The van der Waals surface area contributed by atoms with Crippen LogP contribution in [0.3, 0.4) is 0 Å². The van der Waals surface area contributed by atoms with Crippen molar-refractivity contribution >= 4 is 5.82 Å². The second-order valence-electron chi connectivity index (χ2n) is 6.18. The number of ether oxygens (including phenoxy) is 1. The van der Waals surface area contributed by atoms with Crippen LogP contribution in [-0.4, -0.2) is 34.6 Å². The minimum absolute atomic E-state index is 0.279. The largest absolute Gasteiger partial charge is 0.477 e. The number of rotatable bonds is 5. The molecule has 1 aliphatic rings. The summed E-state index contributed by atoms with van der Waals surface area (Å²) in [4.78, 5) is 14.4. The van der Waals surface area contributed by atoms with Crippen molar-refractivity contribution in [2.24, 2.45) is 5.92 Å². The van der Waals surface area contributed by atoms with E-state index in [1.54, 1.807) is 6.20 Å². The first kappa shape index (κ1) is 16.6. The van der Waals surface area contributed by atoms with E-state index in [0.717, 1.165) is 31.5 Å². The Hall–Kier alpha value is -2.24. The Bertz CT molecular complexity index is 686. The summed E-state index contributed by atoms with van der Waals surface area (Å²) in [6, 6.07) is 3.90. The molecule has 3 rings (SSSR count). The zero-order chi connectivity index (χ0) is 16.9. The maximum atomic E-state index is 14.4. The average molecular weight is 330 g/mol. The van der Waals surface area contributed by atoms with Gasteiger partial charge in [-0.2, -0.15) is 0 Å². The van der Waals surface area contributed by atoms with Crippen LogP contribution in [0.25, 0.3) is 0 Å². The molecule has 2 aromatic heterocycles. The van der Waals surface area contributed by atoms with E-state index in [0.29, 0.717) is 36.3 Å². The molecule has 0 amide bonds. The monoisotopic (exact) mass is 330 g/mol. The molecule has 0 saturated carbocycles. The minimum atomic E-state index is -0.279. The molecular formula is C18H23FN4O. The van der Waals surface area contributed by atoms with Gasteiger partial charge < -0.3 is 9.64 Å². The Morgan fingerprint density at radius 1 is 1.25 bits per heavy atom. The first-order chi connectivity index (χ1) is 11.7. The van der Waals surface area contributed by atoms with E-state index in [4.69, 9.17) is 4.74 Å². The zero-order valence-corrected chi connectivity index (χ0v) is 14.2. The molecule has 1 fully saturated rings. The Morgan fingerprint density at radius 2 is 2.04 bits per heavy atom. The fourth-order valence-corrected chi connectivity index (χ4v) is 2.99. The average Bonchev–Trinajstić information content (AvgIpc) is 2.62. The molecule has 0 aromatic carbocycles. The van der Waals surface area contributed by atoms with E-state index in [1.807, 2.05) is 30.9 Å². The van der Waals surface area contributed by atoms with Gasteiger partial charge in [0.1, 0.15) is 6.33 Å². The van der Waals surface area contributed by atoms with Gasteiger partial charge in [-0.1, -0.05) is 13.0 Å². The number of hydrogen-bond donors (Lipinski definition) is 0. The lowest BCUT2D eigenvalue weighted by Gasteiger charge is -2.32. The molecule has 24 heavy (non-hydrogen) atoms. The third kappa shape index (κ3) is 3.63. The molecule has 0 bridgehead atoms. The van der Waals surface area contributed by atoms with Crippen molar-refractivity contribution in [2.45, 2.75) is 33.1 Å². The van der Waals surface area contributed by atoms with Crippen LogP contribution >= 0.6 is 0 Å². The van der Waals surface area contributed by atoms with Crippen LogP contribution in [0.2, 0.25) is 0 Å². The van der Waals surface area contributed by atoms with Crippen molar-refractivity contribution in [2.75, 3.05) is 24.6 Å². The number of piperidine rings is 1. The molecule has 5 nitrogen and oxygen atoms in total. The van der Waals surface area contributed by atoms with E-state index in [1.165, 1.54) is 6.33 Å². The molecule has 128 valence electrons. The normalized spacial score (nSPS) is 15.5. The summed E-state index contributed by atoms with van der Waals surface area (Å²) in [6.45, 7) is 6.11. The molecular weight excluding hydrogens is 307 g/mol. The number of anilines is 1. The summed E-state index contributed by atoms with van der Waals surface area (Å²) in [5.74, 6) is 1.31. The van der Waals surface area contributed by atoms with Crippen LogP contribution in [0.5, 0.6) is 5.88 Å². The lowest BCUT2D eigenvalue weighted by molar-refractivity contribution is 0.214. The van der Waals surface area contributed by atoms with E-state index in [2.05, 4.69) is 15.0 Å². The maximum Gasteiger partial charge on any atom is 0.216 e. The van der Waals surface area contributed by atoms with Gasteiger partial charge in [0.2, 0.25) is 5.88 Å². The topological polar surface area (TPSA) is 51.1 Å². The summed E-state index contributed by atoms with van der Waals surface area (Å²) >= 11 is 0. The summed E-state index contributed by atoms with van der Waals surface area (Å²) in [7, 11) is 0.